The van der Waals surface area contributed by atoms with Gasteiger partial charge < -0.3 is 4.74 Å². The minimum Gasteiger partial charge on any atom is -0.492 e. The number of rotatable bonds is 9. The highest BCUT2D eigenvalue weighted by Gasteiger charge is 2.26. The second-order valence-corrected chi connectivity index (χ2v) is 10.7. The van der Waals surface area contributed by atoms with Crippen molar-refractivity contribution in [3.05, 3.63) is 70.0 Å². The van der Waals surface area contributed by atoms with Gasteiger partial charge in [-0.05, 0) is 55.0 Å². The van der Waals surface area contributed by atoms with Gasteiger partial charge in [-0.2, -0.15) is 0 Å². The maximum Gasteiger partial charge on any atom is 0.267 e. The molecule has 2 aromatic heterocycles. The van der Waals surface area contributed by atoms with E-state index in [1.165, 1.54) is 35.3 Å². The van der Waals surface area contributed by atoms with E-state index in [1.54, 1.807) is 27.7 Å². The number of aromatic nitrogens is 2. The minimum absolute atomic E-state index is 0.0186. The molecule has 176 valence electrons. The topological polar surface area (TPSA) is 44.1 Å². The zero-order valence-corrected chi connectivity index (χ0v) is 21.4. The number of unbranched alkanes of at least 4 members (excludes halogenated alkanes) is 3. The van der Waals surface area contributed by atoms with Crippen molar-refractivity contribution in [1.29, 1.82) is 0 Å². The molecule has 6 heteroatoms. The Balaban J connectivity index is 1.68. The summed E-state index contributed by atoms with van der Waals surface area (Å²) in [6.07, 6.45) is 6.61. The first-order valence-electron chi connectivity index (χ1n) is 12.2. The number of fused-ring (bicyclic) bond motifs is 5. The Morgan fingerprint density at radius 3 is 2.71 bits per heavy atom. The van der Waals surface area contributed by atoms with E-state index in [1.807, 2.05) is 31.2 Å². The summed E-state index contributed by atoms with van der Waals surface area (Å²) < 4.78 is 7.71. The highest BCUT2D eigenvalue weighted by atomic mass is 32.2. The lowest BCUT2D eigenvalue weighted by molar-refractivity contribution is 0.338. The van der Waals surface area contributed by atoms with Crippen LogP contribution in [0.1, 0.15) is 50.7 Å². The molecule has 0 N–H and O–H groups in total. The average molecular weight is 491 g/mol. The largest absolute Gasteiger partial charge is 0.492 e. The molecule has 2 aromatic carbocycles. The molecule has 0 atom stereocenters. The van der Waals surface area contributed by atoms with Crippen LogP contribution in [0.2, 0.25) is 0 Å². The molecule has 4 nitrogen and oxygen atoms in total. The van der Waals surface area contributed by atoms with Crippen LogP contribution in [0.25, 0.3) is 26.3 Å². The van der Waals surface area contributed by atoms with Crippen molar-refractivity contribution >= 4 is 33.3 Å². The van der Waals surface area contributed by atoms with Crippen LogP contribution < -0.4 is 10.3 Å². The highest BCUT2D eigenvalue weighted by Crippen LogP contribution is 2.43. The highest BCUT2D eigenvalue weighted by molar-refractivity contribution is 7.99. The maximum absolute atomic E-state index is 14.1. The number of thioether (sulfide) groups is 1. The smallest absolute Gasteiger partial charge is 0.267 e. The van der Waals surface area contributed by atoms with Gasteiger partial charge in [0.25, 0.3) is 5.56 Å². The summed E-state index contributed by atoms with van der Waals surface area (Å²) in [4.78, 5) is 21.3. The van der Waals surface area contributed by atoms with Crippen LogP contribution in [-0.4, -0.2) is 21.9 Å². The molecule has 0 saturated heterocycles. The Morgan fingerprint density at radius 2 is 1.85 bits per heavy atom. The van der Waals surface area contributed by atoms with Gasteiger partial charge in [-0.15, -0.1) is 11.3 Å². The Hall–Kier alpha value is -2.57. The number of thiophene rings is 1. The Bertz CT molecular complexity index is 1370. The van der Waals surface area contributed by atoms with Gasteiger partial charge in [-0.25, -0.2) is 4.98 Å². The van der Waals surface area contributed by atoms with E-state index in [9.17, 15) is 4.79 Å². The van der Waals surface area contributed by atoms with Crippen LogP contribution in [0.15, 0.2) is 58.5 Å². The van der Waals surface area contributed by atoms with Crippen molar-refractivity contribution in [2.45, 2.75) is 57.5 Å². The second kappa shape index (κ2) is 10.4. The van der Waals surface area contributed by atoms with Crippen molar-refractivity contribution in [2.75, 3.05) is 12.4 Å². The quantitative estimate of drug-likeness (QED) is 0.140. The third-order valence-electron chi connectivity index (χ3n) is 6.34. The van der Waals surface area contributed by atoms with E-state index in [-0.39, 0.29) is 5.56 Å². The van der Waals surface area contributed by atoms with Crippen molar-refractivity contribution in [1.82, 2.24) is 9.55 Å². The SMILES string of the molecule is CCCCCCSc1nc2sc3c(c2c(=O)n1-c1ccccc1OCC)CCc1ccccc1-3. The van der Waals surface area contributed by atoms with E-state index in [0.717, 1.165) is 57.4 Å². The molecule has 5 rings (SSSR count). The summed E-state index contributed by atoms with van der Waals surface area (Å²) in [7, 11) is 0. The molecule has 0 unspecified atom stereocenters. The lowest BCUT2D eigenvalue weighted by Gasteiger charge is -2.17. The summed E-state index contributed by atoms with van der Waals surface area (Å²) in [6, 6.07) is 16.4. The number of benzene rings is 2. The van der Waals surface area contributed by atoms with Crippen molar-refractivity contribution in [3.8, 4) is 21.9 Å². The molecule has 0 fully saturated rings. The zero-order chi connectivity index (χ0) is 23.5. The molecule has 1 aliphatic carbocycles. The zero-order valence-electron chi connectivity index (χ0n) is 19.8. The normalized spacial score (nSPS) is 12.5. The Morgan fingerprint density at radius 1 is 1.03 bits per heavy atom. The van der Waals surface area contributed by atoms with E-state index < -0.39 is 0 Å². The van der Waals surface area contributed by atoms with Crippen molar-refractivity contribution in [3.63, 3.8) is 0 Å². The number of aryl methyl sites for hydroxylation is 2. The summed E-state index contributed by atoms with van der Waals surface area (Å²) in [5.41, 5.74) is 4.55. The molecular formula is C28H30N2O2S2. The lowest BCUT2D eigenvalue weighted by atomic mass is 9.90. The monoisotopic (exact) mass is 490 g/mol. The first kappa shape index (κ1) is 23.2. The van der Waals surface area contributed by atoms with Crippen molar-refractivity contribution in [2.24, 2.45) is 0 Å². The van der Waals surface area contributed by atoms with Gasteiger partial charge >= 0.3 is 0 Å². The lowest BCUT2D eigenvalue weighted by Crippen LogP contribution is -2.23. The van der Waals surface area contributed by atoms with Crippen LogP contribution in [0.5, 0.6) is 5.75 Å². The molecule has 1 aliphatic rings. The van der Waals surface area contributed by atoms with Crippen LogP contribution in [0, 0.1) is 0 Å². The molecule has 34 heavy (non-hydrogen) atoms. The number of hydrogen-bond acceptors (Lipinski definition) is 5. The standard InChI is InChI=1S/C28H30N2O2S2/c1-3-5-6-11-18-33-28-29-26-24(21-17-16-19-12-7-8-13-20(19)25(21)34-26)27(31)30(28)22-14-9-10-15-23(22)32-4-2/h7-10,12-15H,3-6,11,16-18H2,1-2H3. The first-order chi connectivity index (χ1) is 16.7. The summed E-state index contributed by atoms with van der Waals surface area (Å²) in [6.45, 7) is 4.74. The number of para-hydroxylation sites is 2. The fourth-order valence-electron chi connectivity index (χ4n) is 4.68. The number of ether oxygens (including phenoxy) is 1. The third-order valence-corrected chi connectivity index (χ3v) is 8.52. The van der Waals surface area contributed by atoms with E-state index in [2.05, 4.69) is 31.2 Å². The van der Waals surface area contributed by atoms with E-state index in [0.29, 0.717) is 6.61 Å². The molecule has 0 saturated carbocycles. The molecule has 4 aromatic rings. The predicted octanol–water partition coefficient (Wildman–Crippen LogP) is 7.28. The van der Waals surface area contributed by atoms with Gasteiger partial charge in [0.2, 0.25) is 0 Å². The summed E-state index contributed by atoms with van der Waals surface area (Å²) in [5, 5.41) is 1.53. The molecule has 0 radical (unpaired) electrons. The van der Waals surface area contributed by atoms with Crippen LogP contribution in [0.4, 0.5) is 0 Å². The molecule has 0 aliphatic heterocycles. The van der Waals surface area contributed by atoms with Crippen molar-refractivity contribution < 1.29 is 4.74 Å². The molecule has 0 spiro atoms. The second-order valence-electron chi connectivity index (χ2n) is 8.59. The van der Waals surface area contributed by atoms with Gasteiger partial charge in [0.05, 0.1) is 17.7 Å². The molecule has 2 heterocycles. The van der Waals surface area contributed by atoms with Gasteiger partial charge in [0.1, 0.15) is 10.6 Å². The maximum atomic E-state index is 14.1. The van der Waals surface area contributed by atoms with E-state index >= 15 is 0 Å². The predicted molar refractivity (Wildman–Crippen MR) is 144 cm³/mol. The number of hydrogen-bond donors (Lipinski definition) is 0. The third kappa shape index (κ3) is 4.29. The first-order valence-corrected chi connectivity index (χ1v) is 14.0. The molecule has 0 bridgehead atoms. The van der Waals surface area contributed by atoms with Gasteiger partial charge in [0.15, 0.2) is 5.16 Å². The Labute approximate surface area is 209 Å². The fourth-order valence-corrected chi connectivity index (χ4v) is 7.01. The fraction of sp³-hybridized carbons (Fsp3) is 0.357. The Kier molecular flexibility index (Phi) is 7.07. The summed E-state index contributed by atoms with van der Waals surface area (Å²) >= 11 is 3.35. The number of nitrogens with zero attached hydrogens (tertiary/aromatic N) is 2. The summed E-state index contributed by atoms with van der Waals surface area (Å²) in [5.74, 6) is 1.67. The van der Waals surface area contributed by atoms with Crippen LogP contribution in [0.3, 0.4) is 0 Å². The van der Waals surface area contributed by atoms with Gasteiger partial charge in [-0.3, -0.25) is 9.36 Å². The van der Waals surface area contributed by atoms with E-state index in [4.69, 9.17) is 9.72 Å². The molecule has 0 amide bonds. The van der Waals surface area contributed by atoms with Crippen LogP contribution in [-0.2, 0) is 12.8 Å². The molecular weight excluding hydrogens is 460 g/mol. The van der Waals surface area contributed by atoms with Gasteiger partial charge in [0, 0.05) is 10.6 Å². The average Bonchev–Trinajstić information content (AvgIpc) is 3.24. The van der Waals surface area contributed by atoms with Gasteiger partial charge in [-0.1, -0.05) is 74.3 Å². The minimum atomic E-state index is 0.0186. The van der Waals surface area contributed by atoms with Crippen LogP contribution >= 0.6 is 23.1 Å².